The molecule has 0 spiro atoms. The predicted molar refractivity (Wildman–Crippen MR) is 117 cm³/mol. The number of aromatic nitrogens is 1. The minimum absolute atomic E-state index is 0.0573. The van der Waals surface area contributed by atoms with Crippen LogP contribution in [-0.4, -0.2) is 4.98 Å². The van der Waals surface area contributed by atoms with Crippen molar-refractivity contribution in [3.63, 3.8) is 0 Å². The van der Waals surface area contributed by atoms with Crippen LogP contribution in [0, 0.1) is 11.3 Å². The minimum atomic E-state index is -4.63. The summed E-state index contributed by atoms with van der Waals surface area (Å²) in [4.78, 5) is 16.5. The van der Waals surface area contributed by atoms with Crippen molar-refractivity contribution in [2.24, 2.45) is 0 Å². The molecule has 2 heterocycles. The molecule has 166 valence electrons. The van der Waals surface area contributed by atoms with Gasteiger partial charge < -0.3 is 4.42 Å². The van der Waals surface area contributed by atoms with E-state index in [-0.39, 0.29) is 28.7 Å². The Labute approximate surface area is 187 Å². The van der Waals surface area contributed by atoms with Crippen molar-refractivity contribution in [2.75, 3.05) is 0 Å². The molecular formula is C24H21F3N2O2S. The monoisotopic (exact) mass is 458 g/mol. The Balaban J connectivity index is 1.79. The van der Waals surface area contributed by atoms with Crippen molar-refractivity contribution < 1.29 is 17.6 Å². The smallest absolute Gasteiger partial charge is 0.418 e. The molecular weight excluding hydrogens is 437 g/mol. The molecule has 8 heteroatoms. The van der Waals surface area contributed by atoms with Gasteiger partial charge in [0.1, 0.15) is 16.7 Å². The van der Waals surface area contributed by atoms with Crippen molar-refractivity contribution in [3.8, 4) is 6.07 Å². The van der Waals surface area contributed by atoms with E-state index < -0.39 is 22.9 Å². The van der Waals surface area contributed by atoms with E-state index in [4.69, 9.17) is 4.42 Å². The van der Waals surface area contributed by atoms with Gasteiger partial charge in [-0.2, -0.15) is 18.4 Å². The maximum atomic E-state index is 13.9. The van der Waals surface area contributed by atoms with Gasteiger partial charge in [0.2, 0.25) is 0 Å². The quantitative estimate of drug-likeness (QED) is 0.336. The van der Waals surface area contributed by atoms with E-state index in [1.54, 1.807) is 12.1 Å². The van der Waals surface area contributed by atoms with Crippen molar-refractivity contribution in [3.05, 3.63) is 68.2 Å². The van der Waals surface area contributed by atoms with Crippen LogP contribution < -0.4 is 5.63 Å². The number of hydrogen-bond donors (Lipinski definition) is 0. The zero-order chi connectivity index (χ0) is 23.0. The fourth-order valence-electron chi connectivity index (χ4n) is 4.11. The van der Waals surface area contributed by atoms with Crippen LogP contribution in [-0.2, 0) is 24.8 Å². The highest BCUT2D eigenvalue weighted by Gasteiger charge is 2.39. The molecule has 32 heavy (non-hydrogen) atoms. The third-order valence-corrected chi connectivity index (χ3v) is 6.74. The first-order chi connectivity index (χ1) is 15.2. The Bertz CT molecular complexity index is 1290. The summed E-state index contributed by atoms with van der Waals surface area (Å²) < 4.78 is 47.0. The largest absolute Gasteiger partial charge is 0.423 e. The molecule has 0 bridgehead atoms. The van der Waals surface area contributed by atoms with Crippen molar-refractivity contribution in [1.29, 1.82) is 5.26 Å². The normalized spacial score (nSPS) is 13.9. The summed E-state index contributed by atoms with van der Waals surface area (Å²) in [5, 5.41) is 10.4. The first kappa shape index (κ1) is 22.4. The summed E-state index contributed by atoms with van der Waals surface area (Å²) in [5.74, 6) is 0.454. The average molecular weight is 459 g/mol. The SMILES string of the molecule is CC(C)c1ccc2oc(=O)cc(CSc3nc4c(c(C(F)(F)F)c3C#N)CCCC4)c2c1. The topological polar surface area (TPSA) is 66.9 Å². The molecule has 1 aliphatic rings. The number of nitrogens with zero attached hydrogens (tertiary/aromatic N) is 2. The highest BCUT2D eigenvalue weighted by molar-refractivity contribution is 7.98. The van der Waals surface area contributed by atoms with Gasteiger partial charge in [0.15, 0.2) is 0 Å². The van der Waals surface area contributed by atoms with Crippen LogP contribution >= 0.6 is 11.8 Å². The number of nitriles is 1. The highest BCUT2D eigenvalue weighted by Crippen LogP contribution is 2.41. The molecule has 2 aromatic heterocycles. The van der Waals surface area contributed by atoms with Crippen LogP contribution in [0.15, 0.2) is 38.5 Å². The molecule has 0 saturated carbocycles. The number of fused-ring (bicyclic) bond motifs is 2. The maximum Gasteiger partial charge on any atom is 0.418 e. The molecule has 0 aliphatic heterocycles. The minimum Gasteiger partial charge on any atom is -0.423 e. The Hall–Kier alpha value is -2.79. The molecule has 1 aromatic carbocycles. The standard InChI is InChI=1S/C24H21F3N2O2S/c1-13(2)14-7-8-20-17(9-14)15(10-21(30)31-20)12-32-23-18(11-28)22(24(25,26)27)16-5-3-4-6-19(16)29-23/h7-10,13H,3-6,12H2,1-2H3. The van der Waals surface area contributed by atoms with E-state index in [0.29, 0.717) is 29.7 Å². The lowest BCUT2D eigenvalue weighted by molar-refractivity contribution is -0.138. The molecule has 0 amide bonds. The number of pyridine rings is 1. The number of aryl methyl sites for hydroxylation is 1. The number of benzene rings is 1. The average Bonchev–Trinajstić information content (AvgIpc) is 2.75. The first-order valence-electron chi connectivity index (χ1n) is 10.4. The molecule has 0 fully saturated rings. The lowest BCUT2D eigenvalue weighted by atomic mass is 9.90. The summed E-state index contributed by atoms with van der Waals surface area (Å²) in [6.45, 7) is 4.09. The van der Waals surface area contributed by atoms with Gasteiger partial charge in [0, 0.05) is 22.9 Å². The van der Waals surface area contributed by atoms with Crippen LogP contribution in [0.2, 0.25) is 0 Å². The fraction of sp³-hybridized carbons (Fsp3) is 0.375. The number of hydrogen-bond acceptors (Lipinski definition) is 5. The van der Waals surface area contributed by atoms with E-state index in [1.165, 1.54) is 6.07 Å². The molecule has 0 atom stereocenters. The van der Waals surface area contributed by atoms with Gasteiger partial charge in [-0.25, -0.2) is 9.78 Å². The Kier molecular flexibility index (Phi) is 6.04. The lowest BCUT2D eigenvalue weighted by Crippen LogP contribution is -2.19. The molecule has 1 aliphatic carbocycles. The van der Waals surface area contributed by atoms with Gasteiger partial charge in [0.25, 0.3) is 0 Å². The summed E-state index contributed by atoms with van der Waals surface area (Å²) in [7, 11) is 0. The Morgan fingerprint density at radius 2 is 1.97 bits per heavy atom. The van der Waals surface area contributed by atoms with E-state index in [1.807, 2.05) is 26.0 Å². The molecule has 0 N–H and O–H groups in total. The molecule has 4 rings (SSSR count). The molecule has 0 saturated heterocycles. The van der Waals surface area contributed by atoms with E-state index in [9.17, 15) is 23.2 Å². The first-order valence-corrected chi connectivity index (χ1v) is 11.4. The second kappa shape index (κ2) is 8.62. The molecule has 4 nitrogen and oxygen atoms in total. The zero-order valence-electron chi connectivity index (χ0n) is 17.7. The number of alkyl halides is 3. The van der Waals surface area contributed by atoms with E-state index >= 15 is 0 Å². The van der Waals surface area contributed by atoms with Crippen LogP contribution in [0.4, 0.5) is 13.2 Å². The third kappa shape index (κ3) is 4.26. The molecule has 0 unspecified atom stereocenters. The van der Waals surface area contributed by atoms with Gasteiger partial charge in [-0.05, 0) is 60.4 Å². The zero-order valence-corrected chi connectivity index (χ0v) is 18.5. The Morgan fingerprint density at radius 1 is 1.22 bits per heavy atom. The van der Waals surface area contributed by atoms with Crippen LogP contribution in [0.3, 0.4) is 0 Å². The van der Waals surface area contributed by atoms with E-state index in [2.05, 4.69) is 4.98 Å². The lowest BCUT2D eigenvalue weighted by Gasteiger charge is -2.23. The third-order valence-electron chi connectivity index (χ3n) is 5.72. The van der Waals surface area contributed by atoms with Gasteiger partial charge >= 0.3 is 11.8 Å². The second-order valence-corrected chi connectivity index (χ2v) is 9.16. The van der Waals surface area contributed by atoms with Gasteiger partial charge in [-0.1, -0.05) is 19.9 Å². The van der Waals surface area contributed by atoms with Gasteiger partial charge in [-0.15, -0.1) is 11.8 Å². The number of thioether (sulfide) groups is 1. The Morgan fingerprint density at radius 3 is 2.66 bits per heavy atom. The molecule has 3 aromatic rings. The van der Waals surface area contributed by atoms with Crippen LogP contribution in [0.5, 0.6) is 0 Å². The summed E-state index contributed by atoms with van der Waals surface area (Å²) in [6.07, 6.45) is -2.46. The second-order valence-electron chi connectivity index (χ2n) is 8.20. The van der Waals surface area contributed by atoms with Crippen LogP contribution in [0.25, 0.3) is 11.0 Å². The van der Waals surface area contributed by atoms with Crippen molar-refractivity contribution in [1.82, 2.24) is 4.98 Å². The number of rotatable bonds is 4. The fourth-order valence-corrected chi connectivity index (χ4v) is 5.11. The molecule has 0 radical (unpaired) electrons. The van der Waals surface area contributed by atoms with Gasteiger partial charge in [0.05, 0.1) is 11.1 Å². The number of halogens is 3. The highest BCUT2D eigenvalue weighted by atomic mass is 32.2. The summed E-state index contributed by atoms with van der Waals surface area (Å²) >= 11 is 1.05. The maximum absolute atomic E-state index is 13.9. The van der Waals surface area contributed by atoms with Crippen molar-refractivity contribution in [2.45, 2.75) is 62.4 Å². The van der Waals surface area contributed by atoms with Crippen molar-refractivity contribution >= 4 is 22.7 Å². The van der Waals surface area contributed by atoms with Gasteiger partial charge in [-0.3, -0.25) is 0 Å². The predicted octanol–water partition coefficient (Wildman–Crippen LogP) is 6.37. The summed E-state index contributed by atoms with van der Waals surface area (Å²) in [6, 6.07) is 8.66. The van der Waals surface area contributed by atoms with Crippen LogP contribution in [0.1, 0.15) is 66.1 Å². The summed E-state index contributed by atoms with van der Waals surface area (Å²) in [5.41, 5.74) is 0.876. The van der Waals surface area contributed by atoms with E-state index in [0.717, 1.165) is 29.1 Å².